The van der Waals surface area contributed by atoms with E-state index in [0.717, 1.165) is 18.7 Å². The summed E-state index contributed by atoms with van der Waals surface area (Å²) in [7, 11) is 0. The van der Waals surface area contributed by atoms with Gasteiger partial charge in [-0.3, -0.25) is 4.79 Å². The lowest BCUT2D eigenvalue weighted by atomic mass is 10.1. The second-order valence-corrected chi connectivity index (χ2v) is 4.23. The summed E-state index contributed by atoms with van der Waals surface area (Å²) in [5, 5.41) is 0. The van der Waals surface area contributed by atoms with Gasteiger partial charge in [-0.1, -0.05) is 25.1 Å². The molecule has 0 aliphatic heterocycles. The average molecular weight is 235 g/mol. The van der Waals surface area contributed by atoms with Crippen LogP contribution in [0.15, 0.2) is 30.3 Å². The molecule has 1 unspecified atom stereocenters. The van der Waals surface area contributed by atoms with Gasteiger partial charge in [-0.05, 0) is 25.1 Å². The lowest BCUT2D eigenvalue weighted by Gasteiger charge is -2.26. The van der Waals surface area contributed by atoms with Gasteiger partial charge in [-0.15, -0.1) is 0 Å². The Bertz CT molecular complexity index is 340. The van der Waals surface area contributed by atoms with E-state index >= 15 is 0 Å². The van der Waals surface area contributed by atoms with Crippen LogP contribution < -0.4 is 16.4 Å². The molecule has 1 aromatic rings. The van der Waals surface area contributed by atoms with E-state index in [1.807, 2.05) is 37.3 Å². The van der Waals surface area contributed by atoms with Gasteiger partial charge in [0.1, 0.15) is 0 Å². The van der Waals surface area contributed by atoms with Crippen molar-refractivity contribution in [3.05, 3.63) is 30.3 Å². The fraction of sp³-hybridized carbons (Fsp3) is 0.462. The molecule has 1 atom stereocenters. The summed E-state index contributed by atoms with van der Waals surface area (Å²) in [6, 6.07) is 10.0. The molecule has 1 amide bonds. The van der Waals surface area contributed by atoms with Crippen molar-refractivity contribution in [2.75, 3.05) is 24.5 Å². The Labute approximate surface area is 103 Å². The standard InChI is InChI=1S/C13H21N3O/c1-11(13(15)17)10-16(9-5-8-14)12-6-3-2-4-7-12/h2-4,6-7,11H,5,8-10,14H2,1H3,(H2,15,17). The van der Waals surface area contributed by atoms with Gasteiger partial charge in [0.15, 0.2) is 0 Å². The fourth-order valence-corrected chi connectivity index (χ4v) is 1.67. The molecular weight excluding hydrogens is 214 g/mol. The van der Waals surface area contributed by atoms with Crippen molar-refractivity contribution in [2.24, 2.45) is 17.4 Å². The van der Waals surface area contributed by atoms with Gasteiger partial charge >= 0.3 is 0 Å². The molecule has 0 aliphatic rings. The quantitative estimate of drug-likeness (QED) is 0.739. The van der Waals surface area contributed by atoms with Gasteiger partial charge in [0.25, 0.3) is 0 Å². The summed E-state index contributed by atoms with van der Waals surface area (Å²) in [4.78, 5) is 13.3. The number of para-hydroxylation sites is 1. The minimum Gasteiger partial charge on any atom is -0.371 e. The van der Waals surface area contributed by atoms with Crippen molar-refractivity contribution < 1.29 is 4.79 Å². The number of carbonyl (C=O) groups is 1. The predicted octanol–water partition coefficient (Wildman–Crippen LogP) is 0.963. The van der Waals surface area contributed by atoms with Gasteiger partial charge in [-0.2, -0.15) is 0 Å². The minimum absolute atomic E-state index is 0.159. The van der Waals surface area contributed by atoms with Crippen LogP contribution >= 0.6 is 0 Å². The number of anilines is 1. The van der Waals surface area contributed by atoms with E-state index in [-0.39, 0.29) is 11.8 Å². The Morgan fingerprint density at radius 2 is 2.00 bits per heavy atom. The first-order valence-electron chi connectivity index (χ1n) is 5.94. The van der Waals surface area contributed by atoms with Crippen molar-refractivity contribution in [1.82, 2.24) is 0 Å². The Morgan fingerprint density at radius 3 is 2.53 bits per heavy atom. The first-order valence-corrected chi connectivity index (χ1v) is 5.94. The monoisotopic (exact) mass is 235 g/mol. The molecule has 0 aromatic heterocycles. The van der Waals surface area contributed by atoms with Gasteiger partial charge < -0.3 is 16.4 Å². The molecule has 4 N–H and O–H groups in total. The predicted molar refractivity (Wildman–Crippen MR) is 70.7 cm³/mol. The normalized spacial score (nSPS) is 12.1. The molecule has 0 saturated carbocycles. The Morgan fingerprint density at radius 1 is 1.35 bits per heavy atom. The van der Waals surface area contributed by atoms with E-state index in [0.29, 0.717) is 13.1 Å². The summed E-state index contributed by atoms with van der Waals surface area (Å²) in [6.45, 7) is 3.98. The largest absolute Gasteiger partial charge is 0.371 e. The van der Waals surface area contributed by atoms with Crippen LogP contribution in [0.1, 0.15) is 13.3 Å². The highest BCUT2D eigenvalue weighted by Crippen LogP contribution is 2.15. The molecule has 4 nitrogen and oxygen atoms in total. The Kier molecular flexibility index (Phi) is 5.49. The maximum Gasteiger partial charge on any atom is 0.222 e. The van der Waals surface area contributed by atoms with Gasteiger partial charge in [0, 0.05) is 18.8 Å². The molecule has 94 valence electrons. The molecule has 4 heteroatoms. The molecule has 0 fully saturated rings. The smallest absolute Gasteiger partial charge is 0.222 e. The van der Waals surface area contributed by atoms with Crippen molar-refractivity contribution in [3.8, 4) is 0 Å². The SMILES string of the molecule is CC(CN(CCCN)c1ccccc1)C(N)=O. The number of nitrogens with two attached hydrogens (primary N) is 2. The maximum absolute atomic E-state index is 11.1. The number of hydrogen-bond donors (Lipinski definition) is 2. The van der Waals surface area contributed by atoms with Crippen molar-refractivity contribution in [1.29, 1.82) is 0 Å². The summed E-state index contributed by atoms with van der Waals surface area (Å²) in [5.74, 6) is -0.424. The van der Waals surface area contributed by atoms with Crippen molar-refractivity contribution in [2.45, 2.75) is 13.3 Å². The first kappa shape index (κ1) is 13.5. The highest BCUT2D eigenvalue weighted by Gasteiger charge is 2.14. The van der Waals surface area contributed by atoms with Crippen LogP contribution in [0.25, 0.3) is 0 Å². The molecule has 0 saturated heterocycles. The van der Waals surface area contributed by atoms with E-state index in [1.54, 1.807) is 0 Å². The molecular formula is C13H21N3O. The number of benzene rings is 1. The molecule has 1 rings (SSSR count). The summed E-state index contributed by atoms with van der Waals surface area (Å²) < 4.78 is 0. The number of rotatable bonds is 7. The number of amides is 1. The third-order valence-corrected chi connectivity index (χ3v) is 2.73. The van der Waals surface area contributed by atoms with Crippen molar-refractivity contribution >= 4 is 11.6 Å². The molecule has 0 radical (unpaired) electrons. The van der Waals surface area contributed by atoms with Crippen LogP contribution in [0.3, 0.4) is 0 Å². The second-order valence-electron chi connectivity index (χ2n) is 4.23. The zero-order valence-electron chi connectivity index (χ0n) is 10.3. The third-order valence-electron chi connectivity index (χ3n) is 2.73. The summed E-state index contributed by atoms with van der Waals surface area (Å²) in [5.41, 5.74) is 11.9. The molecule has 0 aliphatic carbocycles. The van der Waals surface area contributed by atoms with E-state index in [1.165, 1.54) is 0 Å². The molecule has 0 heterocycles. The highest BCUT2D eigenvalue weighted by molar-refractivity contribution is 5.77. The summed E-state index contributed by atoms with van der Waals surface area (Å²) >= 11 is 0. The lowest BCUT2D eigenvalue weighted by molar-refractivity contribution is -0.121. The van der Waals surface area contributed by atoms with Gasteiger partial charge in [-0.25, -0.2) is 0 Å². The minimum atomic E-state index is -0.265. The van der Waals surface area contributed by atoms with E-state index in [2.05, 4.69) is 4.90 Å². The molecule has 17 heavy (non-hydrogen) atoms. The second kappa shape index (κ2) is 6.91. The average Bonchev–Trinajstić information content (AvgIpc) is 2.35. The molecule has 0 bridgehead atoms. The van der Waals surface area contributed by atoms with Crippen molar-refractivity contribution in [3.63, 3.8) is 0 Å². The topological polar surface area (TPSA) is 72.3 Å². The zero-order valence-corrected chi connectivity index (χ0v) is 10.3. The van der Waals surface area contributed by atoms with Crippen LogP contribution in [0.4, 0.5) is 5.69 Å². The summed E-state index contributed by atoms with van der Waals surface area (Å²) in [6.07, 6.45) is 0.903. The van der Waals surface area contributed by atoms with Gasteiger partial charge in [0.05, 0.1) is 5.92 Å². The lowest BCUT2D eigenvalue weighted by Crippen LogP contribution is -2.36. The van der Waals surface area contributed by atoms with Gasteiger partial charge in [0.2, 0.25) is 5.91 Å². The van der Waals surface area contributed by atoms with E-state index in [4.69, 9.17) is 11.5 Å². The Balaban J connectivity index is 2.70. The van der Waals surface area contributed by atoms with Crippen LogP contribution in [-0.4, -0.2) is 25.5 Å². The van der Waals surface area contributed by atoms with Crippen LogP contribution in [0.2, 0.25) is 0 Å². The zero-order chi connectivity index (χ0) is 12.7. The third kappa shape index (κ3) is 4.44. The fourth-order valence-electron chi connectivity index (χ4n) is 1.67. The van der Waals surface area contributed by atoms with Crippen LogP contribution in [-0.2, 0) is 4.79 Å². The Hall–Kier alpha value is -1.55. The van der Waals surface area contributed by atoms with Crippen LogP contribution in [0, 0.1) is 5.92 Å². The first-order chi connectivity index (χ1) is 8.15. The molecule has 0 spiro atoms. The number of hydrogen-bond acceptors (Lipinski definition) is 3. The number of carbonyl (C=O) groups excluding carboxylic acids is 1. The molecule has 1 aromatic carbocycles. The van der Waals surface area contributed by atoms with E-state index in [9.17, 15) is 4.79 Å². The highest BCUT2D eigenvalue weighted by atomic mass is 16.1. The number of nitrogens with zero attached hydrogens (tertiary/aromatic N) is 1. The van der Waals surface area contributed by atoms with E-state index < -0.39 is 0 Å². The maximum atomic E-state index is 11.1. The number of primary amides is 1. The van der Waals surface area contributed by atoms with Crippen LogP contribution in [0.5, 0.6) is 0 Å².